The van der Waals surface area contributed by atoms with Gasteiger partial charge < -0.3 is 21.5 Å². The monoisotopic (exact) mass is 440 g/mol. The van der Waals surface area contributed by atoms with Crippen LogP contribution in [0.4, 0.5) is 5.69 Å². The number of anilines is 1. The third-order valence-electron chi connectivity index (χ3n) is 6.30. The Bertz CT molecular complexity index is 669. The predicted molar refractivity (Wildman–Crippen MR) is 123 cm³/mol. The largest absolute Gasteiger partial charge is 0.394 e. The highest BCUT2D eigenvalue weighted by atomic mass is 35.5. The van der Waals surface area contributed by atoms with E-state index in [1.165, 1.54) is 44.9 Å². The molecule has 5 N–H and O–H groups in total. The van der Waals surface area contributed by atoms with Crippen LogP contribution in [-0.4, -0.2) is 36.3 Å². The van der Waals surface area contributed by atoms with Gasteiger partial charge in [0.25, 0.3) is 0 Å². The van der Waals surface area contributed by atoms with Gasteiger partial charge >= 0.3 is 0 Å². The van der Waals surface area contributed by atoms with Crippen molar-refractivity contribution in [3.05, 3.63) is 28.2 Å². The standard InChI is InChI=1S/C22H34Cl2N4O/c23-17-5-10-21(20(24)14-17)28-22(26-11-12-29)27-19-8-3-16(4-9-19)13-15-1-6-18(25)7-2-15/h5,10,14-16,18-19,29H,1-4,6-9,11-13,25H2,(H2,26,27,28). The summed E-state index contributed by atoms with van der Waals surface area (Å²) in [5.74, 6) is 2.37. The molecule has 0 amide bonds. The van der Waals surface area contributed by atoms with E-state index in [-0.39, 0.29) is 6.61 Å². The van der Waals surface area contributed by atoms with E-state index in [1.807, 2.05) is 6.07 Å². The Balaban J connectivity index is 1.49. The summed E-state index contributed by atoms with van der Waals surface area (Å²) in [5.41, 5.74) is 6.80. The van der Waals surface area contributed by atoms with Gasteiger partial charge in [0.2, 0.25) is 0 Å². The molecule has 2 fully saturated rings. The SMILES string of the molecule is NC1CCC(CC2CCC(NC(=NCCO)Nc3ccc(Cl)cc3Cl)CC2)CC1. The zero-order valence-electron chi connectivity index (χ0n) is 17.0. The molecular formula is C22H34Cl2N4O. The zero-order valence-corrected chi connectivity index (χ0v) is 18.6. The lowest BCUT2D eigenvalue weighted by Crippen LogP contribution is -2.41. The Labute approximate surface area is 184 Å². The number of nitrogens with zero attached hydrogens (tertiary/aromatic N) is 1. The highest BCUT2D eigenvalue weighted by Crippen LogP contribution is 2.35. The van der Waals surface area contributed by atoms with Crippen LogP contribution >= 0.6 is 23.2 Å². The third kappa shape index (κ3) is 7.32. The van der Waals surface area contributed by atoms with Crippen LogP contribution in [0.3, 0.4) is 0 Å². The second-order valence-electron chi connectivity index (χ2n) is 8.58. The van der Waals surface area contributed by atoms with Crippen LogP contribution in [0, 0.1) is 11.8 Å². The summed E-state index contributed by atoms with van der Waals surface area (Å²) in [6, 6.07) is 6.17. The first-order chi connectivity index (χ1) is 14.0. The Morgan fingerprint density at radius 3 is 2.31 bits per heavy atom. The quantitative estimate of drug-likeness (QED) is 0.377. The van der Waals surface area contributed by atoms with Crippen LogP contribution in [-0.2, 0) is 0 Å². The van der Waals surface area contributed by atoms with Crippen molar-refractivity contribution in [1.82, 2.24) is 5.32 Å². The lowest BCUT2D eigenvalue weighted by atomic mass is 9.76. The molecule has 29 heavy (non-hydrogen) atoms. The number of aliphatic hydroxyl groups is 1. The summed E-state index contributed by atoms with van der Waals surface area (Å²) in [6.45, 7) is 0.360. The fourth-order valence-electron chi connectivity index (χ4n) is 4.63. The molecule has 0 atom stereocenters. The molecule has 0 saturated heterocycles. The molecule has 1 aromatic carbocycles. The molecular weight excluding hydrogens is 407 g/mol. The van der Waals surface area contributed by atoms with E-state index < -0.39 is 0 Å². The van der Waals surface area contributed by atoms with Crippen molar-refractivity contribution in [2.75, 3.05) is 18.5 Å². The maximum absolute atomic E-state index is 9.17. The summed E-state index contributed by atoms with van der Waals surface area (Å²) < 4.78 is 0. The number of guanidine groups is 1. The summed E-state index contributed by atoms with van der Waals surface area (Å²) in [6.07, 6.45) is 11.2. The second kappa shape index (κ2) is 11.4. The first-order valence-corrected chi connectivity index (χ1v) is 11.7. The average Bonchev–Trinajstić information content (AvgIpc) is 2.71. The molecule has 7 heteroatoms. The minimum absolute atomic E-state index is 0.0129. The van der Waals surface area contributed by atoms with Crippen LogP contribution < -0.4 is 16.4 Å². The van der Waals surface area contributed by atoms with E-state index in [9.17, 15) is 5.11 Å². The normalized spacial score (nSPS) is 28.2. The highest BCUT2D eigenvalue weighted by Gasteiger charge is 2.26. The molecule has 162 valence electrons. The minimum Gasteiger partial charge on any atom is -0.394 e. The Morgan fingerprint density at radius 2 is 1.69 bits per heavy atom. The van der Waals surface area contributed by atoms with Crippen molar-refractivity contribution in [1.29, 1.82) is 0 Å². The fraction of sp³-hybridized carbons (Fsp3) is 0.682. The minimum atomic E-state index is 0.0129. The molecule has 5 nitrogen and oxygen atoms in total. The number of aliphatic imine (C=N–C) groups is 1. The van der Waals surface area contributed by atoms with Crippen molar-refractivity contribution in [2.24, 2.45) is 22.6 Å². The lowest BCUT2D eigenvalue weighted by Gasteiger charge is -2.34. The summed E-state index contributed by atoms with van der Waals surface area (Å²) in [4.78, 5) is 4.46. The number of halogens is 2. The molecule has 3 rings (SSSR count). The molecule has 0 heterocycles. The van der Waals surface area contributed by atoms with Crippen LogP contribution in [0.25, 0.3) is 0 Å². The molecule has 0 aromatic heterocycles. The van der Waals surface area contributed by atoms with Crippen molar-refractivity contribution in [3.8, 4) is 0 Å². The average molecular weight is 441 g/mol. The topological polar surface area (TPSA) is 82.7 Å². The van der Waals surface area contributed by atoms with E-state index >= 15 is 0 Å². The van der Waals surface area contributed by atoms with Gasteiger partial charge in [-0.3, -0.25) is 4.99 Å². The number of hydrogen-bond donors (Lipinski definition) is 4. The van der Waals surface area contributed by atoms with E-state index in [2.05, 4.69) is 15.6 Å². The Kier molecular flexibility index (Phi) is 8.91. The van der Waals surface area contributed by atoms with E-state index in [4.69, 9.17) is 28.9 Å². The molecule has 0 bridgehead atoms. The molecule has 2 aliphatic rings. The number of rotatable bonds is 6. The second-order valence-corrected chi connectivity index (χ2v) is 9.43. The van der Waals surface area contributed by atoms with Crippen molar-refractivity contribution in [2.45, 2.75) is 69.9 Å². The van der Waals surface area contributed by atoms with Gasteiger partial charge in [-0.1, -0.05) is 23.2 Å². The summed E-state index contributed by atoms with van der Waals surface area (Å²) >= 11 is 12.3. The molecule has 0 spiro atoms. The van der Waals surface area contributed by atoms with E-state index in [0.717, 1.165) is 30.4 Å². The van der Waals surface area contributed by atoms with E-state index in [0.29, 0.717) is 34.6 Å². The first kappa shape index (κ1) is 22.7. The van der Waals surface area contributed by atoms with E-state index in [1.54, 1.807) is 12.1 Å². The molecule has 2 aliphatic carbocycles. The van der Waals surface area contributed by atoms with Crippen LogP contribution in [0.15, 0.2) is 23.2 Å². The number of benzene rings is 1. The van der Waals surface area contributed by atoms with Gasteiger partial charge in [0, 0.05) is 17.1 Å². The Hall–Kier alpha value is -1.01. The zero-order chi connectivity index (χ0) is 20.6. The molecule has 1 aromatic rings. The third-order valence-corrected chi connectivity index (χ3v) is 6.85. The highest BCUT2D eigenvalue weighted by molar-refractivity contribution is 6.36. The molecule has 0 aliphatic heterocycles. The molecule has 2 saturated carbocycles. The van der Waals surface area contributed by atoms with Gasteiger partial charge in [-0.15, -0.1) is 0 Å². The van der Waals surface area contributed by atoms with Gasteiger partial charge in [-0.25, -0.2) is 0 Å². The van der Waals surface area contributed by atoms with Crippen LogP contribution in [0.1, 0.15) is 57.8 Å². The lowest BCUT2D eigenvalue weighted by molar-refractivity contribution is 0.221. The number of aliphatic hydroxyl groups excluding tert-OH is 1. The van der Waals surface area contributed by atoms with Gasteiger partial charge in [-0.05, 0) is 87.8 Å². The fourth-order valence-corrected chi connectivity index (χ4v) is 5.09. The summed E-state index contributed by atoms with van der Waals surface area (Å²) in [7, 11) is 0. The first-order valence-electron chi connectivity index (χ1n) is 10.9. The molecule has 0 unspecified atom stereocenters. The smallest absolute Gasteiger partial charge is 0.196 e. The summed E-state index contributed by atoms with van der Waals surface area (Å²) in [5, 5.41) is 17.1. The van der Waals surface area contributed by atoms with Gasteiger partial charge in [0.05, 0.1) is 23.9 Å². The van der Waals surface area contributed by atoms with Crippen molar-refractivity contribution < 1.29 is 5.11 Å². The number of nitrogens with one attached hydrogen (secondary N) is 2. The van der Waals surface area contributed by atoms with Crippen LogP contribution in [0.2, 0.25) is 10.0 Å². The van der Waals surface area contributed by atoms with Gasteiger partial charge in [0.1, 0.15) is 0 Å². The maximum Gasteiger partial charge on any atom is 0.196 e. The van der Waals surface area contributed by atoms with Crippen LogP contribution in [0.5, 0.6) is 0 Å². The van der Waals surface area contributed by atoms with Crippen molar-refractivity contribution >= 4 is 34.8 Å². The predicted octanol–water partition coefficient (Wildman–Crippen LogP) is 4.81. The van der Waals surface area contributed by atoms with Crippen molar-refractivity contribution in [3.63, 3.8) is 0 Å². The molecule has 0 radical (unpaired) electrons. The van der Waals surface area contributed by atoms with Gasteiger partial charge in [-0.2, -0.15) is 0 Å². The number of hydrogen-bond acceptors (Lipinski definition) is 3. The Morgan fingerprint density at radius 1 is 1.03 bits per heavy atom. The maximum atomic E-state index is 9.17. The van der Waals surface area contributed by atoms with Gasteiger partial charge in [0.15, 0.2) is 5.96 Å². The number of nitrogens with two attached hydrogens (primary N) is 1.